The molecule has 0 atom stereocenters. The van der Waals surface area contributed by atoms with Crippen molar-refractivity contribution in [1.82, 2.24) is 4.98 Å². The molecule has 1 aromatic rings. The number of aliphatic carboxylic acids is 1. The summed E-state index contributed by atoms with van der Waals surface area (Å²) in [7, 11) is 0. The van der Waals surface area contributed by atoms with E-state index >= 15 is 0 Å². The average molecular weight is 235 g/mol. The summed E-state index contributed by atoms with van der Waals surface area (Å²) in [6.07, 6.45) is -3.48. The molecule has 1 rings (SSSR count). The second-order valence-electron chi connectivity index (χ2n) is 2.98. The van der Waals surface area contributed by atoms with Crippen LogP contribution in [0.1, 0.15) is 5.56 Å². The van der Waals surface area contributed by atoms with Crippen LogP contribution in [0, 0.1) is 0 Å². The maximum Gasteiger partial charge on any atom is 0.422 e. The summed E-state index contributed by atoms with van der Waals surface area (Å²) in [5.41, 5.74) is 0.395. The molecule has 1 aromatic heterocycles. The summed E-state index contributed by atoms with van der Waals surface area (Å²) in [5, 5.41) is 8.44. The molecule has 7 heteroatoms. The number of carboxylic acid groups (broad SMARTS) is 1. The largest absolute Gasteiger partial charge is 0.481 e. The standard InChI is InChI=1S/C9H8F3NO3/c10-9(11,12)5-16-7-2-1-6(4-13-7)3-8(14)15/h1-2,4H,3,5H2,(H,14,15). The summed E-state index contributed by atoms with van der Waals surface area (Å²) in [6.45, 7) is -1.42. The molecular formula is C9H8F3NO3. The van der Waals surface area contributed by atoms with Gasteiger partial charge in [0.25, 0.3) is 0 Å². The van der Waals surface area contributed by atoms with Gasteiger partial charge in [-0.05, 0) is 5.56 Å². The second-order valence-corrected chi connectivity index (χ2v) is 2.98. The fourth-order valence-electron chi connectivity index (χ4n) is 0.931. The summed E-state index contributed by atoms with van der Waals surface area (Å²) in [5.74, 6) is -1.22. The van der Waals surface area contributed by atoms with Crippen molar-refractivity contribution < 1.29 is 27.8 Å². The number of nitrogens with zero attached hydrogens (tertiary/aromatic N) is 1. The van der Waals surface area contributed by atoms with E-state index in [9.17, 15) is 18.0 Å². The van der Waals surface area contributed by atoms with Crippen molar-refractivity contribution in [3.8, 4) is 5.88 Å². The summed E-state index contributed by atoms with van der Waals surface area (Å²) in [4.78, 5) is 13.9. The van der Waals surface area contributed by atoms with Crippen LogP contribution >= 0.6 is 0 Å². The first kappa shape index (κ1) is 12.3. The number of aromatic nitrogens is 1. The van der Waals surface area contributed by atoms with Gasteiger partial charge in [-0.3, -0.25) is 4.79 Å². The van der Waals surface area contributed by atoms with Crippen molar-refractivity contribution in [3.63, 3.8) is 0 Å². The predicted molar refractivity (Wildman–Crippen MR) is 47.1 cm³/mol. The first-order valence-corrected chi connectivity index (χ1v) is 4.23. The van der Waals surface area contributed by atoms with Gasteiger partial charge in [0.1, 0.15) is 0 Å². The van der Waals surface area contributed by atoms with Crippen LogP contribution in [0.4, 0.5) is 13.2 Å². The maximum atomic E-state index is 11.8. The molecule has 0 radical (unpaired) electrons. The monoisotopic (exact) mass is 235 g/mol. The number of ether oxygens (including phenoxy) is 1. The van der Waals surface area contributed by atoms with Crippen molar-refractivity contribution in [2.24, 2.45) is 0 Å². The minimum Gasteiger partial charge on any atom is -0.481 e. The number of hydrogen-bond donors (Lipinski definition) is 1. The van der Waals surface area contributed by atoms with Crippen LogP contribution in [0.5, 0.6) is 5.88 Å². The summed E-state index contributed by atoms with van der Waals surface area (Å²) >= 11 is 0. The molecule has 4 nitrogen and oxygen atoms in total. The zero-order valence-electron chi connectivity index (χ0n) is 7.99. The van der Waals surface area contributed by atoms with E-state index in [4.69, 9.17) is 5.11 Å². The van der Waals surface area contributed by atoms with Crippen LogP contribution in [0.15, 0.2) is 18.3 Å². The van der Waals surface area contributed by atoms with Gasteiger partial charge < -0.3 is 9.84 Å². The van der Waals surface area contributed by atoms with Crippen LogP contribution in [0.25, 0.3) is 0 Å². The van der Waals surface area contributed by atoms with E-state index in [1.165, 1.54) is 18.3 Å². The predicted octanol–water partition coefficient (Wildman–Crippen LogP) is 1.65. The van der Waals surface area contributed by atoms with Crippen molar-refractivity contribution in [2.45, 2.75) is 12.6 Å². The highest BCUT2D eigenvalue weighted by molar-refractivity contribution is 5.69. The Morgan fingerprint density at radius 2 is 2.12 bits per heavy atom. The van der Waals surface area contributed by atoms with Gasteiger partial charge in [0.05, 0.1) is 6.42 Å². The Balaban J connectivity index is 2.55. The van der Waals surface area contributed by atoms with Crippen LogP contribution < -0.4 is 4.74 Å². The second kappa shape index (κ2) is 4.82. The van der Waals surface area contributed by atoms with Crippen molar-refractivity contribution in [1.29, 1.82) is 0 Å². The zero-order chi connectivity index (χ0) is 12.2. The quantitative estimate of drug-likeness (QED) is 0.861. The first-order valence-electron chi connectivity index (χ1n) is 4.23. The lowest BCUT2D eigenvalue weighted by atomic mass is 10.2. The minimum absolute atomic E-state index is 0.188. The highest BCUT2D eigenvalue weighted by Gasteiger charge is 2.28. The molecule has 0 fully saturated rings. The molecule has 0 saturated carbocycles. The van der Waals surface area contributed by atoms with E-state index < -0.39 is 18.8 Å². The smallest absolute Gasteiger partial charge is 0.422 e. The number of halogens is 3. The zero-order valence-corrected chi connectivity index (χ0v) is 7.99. The molecule has 0 aliphatic rings. The molecule has 0 saturated heterocycles. The number of pyridine rings is 1. The number of rotatable bonds is 4. The number of carbonyl (C=O) groups is 1. The average Bonchev–Trinajstić information content (AvgIpc) is 2.14. The normalized spacial score (nSPS) is 11.2. The Kier molecular flexibility index (Phi) is 3.70. The van der Waals surface area contributed by atoms with Gasteiger partial charge in [0.2, 0.25) is 5.88 Å². The van der Waals surface area contributed by atoms with Gasteiger partial charge in [-0.2, -0.15) is 13.2 Å². The van der Waals surface area contributed by atoms with Gasteiger partial charge in [0.15, 0.2) is 6.61 Å². The molecule has 1 heterocycles. The van der Waals surface area contributed by atoms with E-state index in [0.717, 1.165) is 0 Å². The molecule has 0 spiro atoms. The number of hydrogen-bond acceptors (Lipinski definition) is 3. The van der Waals surface area contributed by atoms with E-state index in [1.54, 1.807) is 0 Å². The Morgan fingerprint density at radius 1 is 1.44 bits per heavy atom. The van der Waals surface area contributed by atoms with Crippen LogP contribution in [-0.2, 0) is 11.2 Å². The number of alkyl halides is 3. The molecule has 0 aromatic carbocycles. The minimum atomic E-state index is -4.42. The van der Waals surface area contributed by atoms with Gasteiger partial charge in [-0.15, -0.1) is 0 Å². The molecule has 0 aliphatic carbocycles. The van der Waals surface area contributed by atoms with Gasteiger partial charge >= 0.3 is 12.1 Å². The van der Waals surface area contributed by atoms with E-state index in [0.29, 0.717) is 5.56 Å². The third-order valence-corrected chi connectivity index (χ3v) is 1.54. The van der Waals surface area contributed by atoms with Gasteiger partial charge in [0, 0.05) is 12.3 Å². The van der Waals surface area contributed by atoms with Crippen LogP contribution in [0.2, 0.25) is 0 Å². The molecule has 1 N–H and O–H groups in total. The Morgan fingerprint density at radius 3 is 2.56 bits per heavy atom. The molecular weight excluding hydrogens is 227 g/mol. The van der Waals surface area contributed by atoms with Gasteiger partial charge in [-0.1, -0.05) is 6.07 Å². The van der Waals surface area contributed by atoms with Crippen molar-refractivity contribution >= 4 is 5.97 Å². The van der Waals surface area contributed by atoms with Crippen molar-refractivity contribution in [3.05, 3.63) is 23.9 Å². The fraction of sp³-hybridized carbons (Fsp3) is 0.333. The molecule has 0 unspecified atom stereocenters. The lowest BCUT2D eigenvalue weighted by Crippen LogP contribution is -2.19. The van der Waals surface area contributed by atoms with Crippen LogP contribution in [-0.4, -0.2) is 28.8 Å². The molecule has 16 heavy (non-hydrogen) atoms. The van der Waals surface area contributed by atoms with E-state index in [-0.39, 0.29) is 12.3 Å². The Hall–Kier alpha value is -1.79. The topological polar surface area (TPSA) is 59.4 Å². The molecule has 88 valence electrons. The lowest BCUT2D eigenvalue weighted by Gasteiger charge is -2.08. The van der Waals surface area contributed by atoms with Crippen LogP contribution in [0.3, 0.4) is 0 Å². The lowest BCUT2D eigenvalue weighted by molar-refractivity contribution is -0.154. The van der Waals surface area contributed by atoms with E-state index in [1.807, 2.05) is 0 Å². The van der Waals surface area contributed by atoms with E-state index in [2.05, 4.69) is 9.72 Å². The molecule has 0 aliphatic heterocycles. The Labute approximate surface area is 88.7 Å². The summed E-state index contributed by atoms with van der Waals surface area (Å²) in [6, 6.07) is 2.55. The molecule has 0 amide bonds. The first-order chi connectivity index (χ1) is 7.37. The fourth-order valence-corrected chi connectivity index (χ4v) is 0.931. The SMILES string of the molecule is O=C(O)Cc1ccc(OCC(F)(F)F)nc1. The number of carboxylic acids is 1. The maximum absolute atomic E-state index is 11.8. The van der Waals surface area contributed by atoms with Gasteiger partial charge in [-0.25, -0.2) is 4.98 Å². The highest BCUT2D eigenvalue weighted by Crippen LogP contribution is 2.17. The van der Waals surface area contributed by atoms with Crippen molar-refractivity contribution in [2.75, 3.05) is 6.61 Å². The third kappa shape index (κ3) is 4.63. The summed E-state index contributed by atoms with van der Waals surface area (Å²) < 4.78 is 39.6. The highest BCUT2D eigenvalue weighted by atomic mass is 19.4. The molecule has 0 bridgehead atoms. The third-order valence-electron chi connectivity index (χ3n) is 1.54. The Bertz CT molecular complexity index is 361.